The SMILES string of the molecule is C=C/C(C)=C\N(C)c1cnn2ccc(N3CCCC3)nc12. The second kappa shape index (κ2) is 5.60. The van der Waals surface area contributed by atoms with Gasteiger partial charge in [-0.15, -0.1) is 0 Å². The van der Waals surface area contributed by atoms with Gasteiger partial charge in [-0.25, -0.2) is 9.50 Å². The average molecular weight is 283 g/mol. The fourth-order valence-corrected chi connectivity index (χ4v) is 2.65. The molecular formula is C16H21N5. The van der Waals surface area contributed by atoms with Crippen LogP contribution in [0.15, 0.2) is 42.9 Å². The molecule has 2 aromatic heterocycles. The monoisotopic (exact) mass is 283 g/mol. The molecule has 5 nitrogen and oxygen atoms in total. The molecule has 2 aromatic rings. The first kappa shape index (κ1) is 13.7. The van der Waals surface area contributed by atoms with Crippen molar-refractivity contribution in [3.05, 3.63) is 42.9 Å². The zero-order valence-electron chi connectivity index (χ0n) is 12.7. The molecule has 0 aliphatic carbocycles. The van der Waals surface area contributed by atoms with Crippen molar-refractivity contribution < 1.29 is 0 Å². The van der Waals surface area contributed by atoms with Crippen molar-refractivity contribution in [1.82, 2.24) is 14.6 Å². The second-order valence-electron chi connectivity index (χ2n) is 5.47. The Balaban J connectivity index is 1.99. The third kappa shape index (κ3) is 2.63. The zero-order chi connectivity index (χ0) is 14.8. The number of allylic oxidation sites excluding steroid dienone is 2. The van der Waals surface area contributed by atoms with E-state index >= 15 is 0 Å². The first-order chi connectivity index (χ1) is 10.2. The van der Waals surface area contributed by atoms with E-state index in [1.54, 1.807) is 0 Å². The van der Waals surface area contributed by atoms with Crippen LogP contribution >= 0.6 is 0 Å². The van der Waals surface area contributed by atoms with E-state index < -0.39 is 0 Å². The lowest BCUT2D eigenvalue weighted by Crippen LogP contribution is -2.19. The van der Waals surface area contributed by atoms with Crippen LogP contribution < -0.4 is 9.80 Å². The van der Waals surface area contributed by atoms with Crippen molar-refractivity contribution in [2.75, 3.05) is 29.9 Å². The standard InChI is InChI=1S/C16H21N5/c1-4-13(2)12-19(3)14-11-17-21-10-7-15(18-16(14)21)20-8-5-6-9-20/h4,7,10-12H,1,5-6,8-9H2,2-3H3/b13-12-. The van der Waals surface area contributed by atoms with Gasteiger partial charge in [0.25, 0.3) is 0 Å². The van der Waals surface area contributed by atoms with Crippen molar-refractivity contribution in [2.24, 2.45) is 0 Å². The van der Waals surface area contributed by atoms with Gasteiger partial charge in [0.15, 0.2) is 5.65 Å². The van der Waals surface area contributed by atoms with Crippen LogP contribution in [-0.2, 0) is 0 Å². The average Bonchev–Trinajstić information content (AvgIpc) is 3.15. The molecule has 21 heavy (non-hydrogen) atoms. The van der Waals surface area contributed by atoms with Crippen LogP contribution in [0.5, 0.6) is 0 Å². The quantitative estimate of drug-likeness (QED) is 0.809. The minimum Gasteiger partial charge on any atom is -0.356 e. The molecule has 3 rings (SSSR count). The minimum absolute atomic E-state index is 0.884. The van der Waals surface area contributed by atoms with Gasteiger partial charge in [-0.3, -0.25) is 0 Å². The maximum absolute atomic E-state index is 4.80. The van der Waals surface area contributed by atoms with Crippen molar-refractivity contribution in [3.63, 3.8) is 0 Å². The Labute approximate surface area is 125 Å². The van der Waals surface area contributed by atoms with Crippen molar-refractivity contribution >= 4 is 17.2 Å². The fraction of sp³-hybridized carbons (Fsp3) is 0.375. The lowest BCUT2D eigenvalue weighted by atomic mass is 10.3. The third-order valence-electron chi connectivity index (χ3n) is 3.87. The highest BCUT2D eigenvalue weighted by Gasteiger charge is 2.16. The second-order valence-corrected chi connectivity index (χ2v) is 5.47. The van der Waals surface area contributed by atoms with E-state index in [0.717, 1.165) is 35.8 Å². The molecule has 0 aromatic carbocycles. The molecule has 0 amide bonds. The van der Waals surface area contributed by atoms with Gasteiger partial charge >= 0.3 is 0 Å². The topological polar surface area (TPSA) is 36.7 Å². The highest BCUT2D eigenvalue weighted by atomic mass is 15.3. The van der Waals surface area contributed by atoms with Gasteiger partial charge in [0, 0.05) is 32.5 Å². The molecular weight excluding hydrogens is 262 g/mol. The van der Waals surface area contributed by atoms with Gasteiger partial charge in [0.2, 0.25) is 0 Å². The number of rotatable bonds is 4. The molecule has 0 N–H and O–H groups in total. The Bertz CT molecular complexity index is 679. The molecule has 1 saturated heterocycles. The van der Waals surface area contributed by atoms with Gasteiger partial charge in [-0.2, -0.15) is 5.10 Å². The lowest BCUT2D eigenvalue weighted by Gasteiger charge is -2.17. The maximum atomic E-state index is 4.80. The number of anilines is 2. The molecule has 1 fully saturated rings. The largest absolute Gasteiger partial charge is 0.356 e. The van der Waals surface area contributed by atoms with E-state index in [9.17, 15) is 0 Å². The molecule has 110 valence electrons. The van der Waals surface area contributed by atoms with Crippen LogP contribution in [0.2, 0.25) is 0 Å². The van der Waals surface area contributed by atoms with E-state index in [1.165, 1.54) is 12.8 Å². The number of nitrogens with zero attached hydrogens (tertiary/aromatic N) is 5. The van der Waals surface area contributed by atoms with E-state index in [4.69, 9.17) is 4.98 Å². The normalized spacial score (nSPS) is 15.7. The van der Waals surface area contributed by atoms with Gasteiger partial charge in [0.1, 0.15) is 11.5 Å². The molecule has 5 heteroatoms. The van der Waals surface area contributed by atoms with Crippen LogP contribution in [0.3, 0.4) is 0 Å². The molecule has 1 aliphatic heterocycles. The van der Waals surface area contributed by atoms with E-state index in [1.807, 2.05) is 54.1 Å². The number of fused-ring (bicyclic) bond motifs is 1. The summed E-state index contributed by atoms with van der Waals surface area (Å²) in [4.78, 5) is 9.18. The van der Waals surface area contributed by atoms with E-state index in [2.05, 4.69) is 16.6 Å². The van der Waals surface area contributed by atoms with Crippen molar-refractivity contribution in [3.8, 4) is 0 Å². The third-order valence-corrected chi connectivity index (χ3v) is 3.87. The summed E-state index contributed by atoms with van der Waals surface area (Å²) >= 11 is 0. The Hall–Kier alpha value is -2.30. The fourth-order valence-electron chi connectivity index (χ4n) is 2.65. The van der Waals surface area contributed by atoms with Crippen molar-refractivity contribution in [1.29, 1.82) is 0 Å². The van der Waals surface area contributed by atoms with E-state index in [-0.39, 0.29) is 0 Å². The molecule has 0 saturated carbocycles. The maximum Gasteiger partial charge on any atom is 0.181 e. The summed E-state index contributed by atoms with van der Waals surface area (Å²) in [6.45, 7) is 8.00. The van der Waals surface area contributed by atoms with Crippen LogP contribution in [-0.4, -0.2) is 34.7 Å². The first-order valence-corrected chi connectivity index (χ1v) is 7.32. The number of hydrogen-bond donors (Lipinski definition) is 0. The highest BCUT2D eigenvalue weighted by molar-refractivity contribution is 5.70. The molecule has 3 heterocycles. The summed E-state index contributed by atoms with van der Waals surface area (Å²) in [6, 6.07) is 2.04. The summed E-state index contributed by atoms with van der Waals surface area (Å²) < 4.78 is 1.82. The molecule has 0 unspecified atom stereocenters. The predicted octanol–water partition coefficient (Wildman–Crippen LogP) is 2.86. The summed E-state index contributed by atoms with van der Waals surface area (Å²) in [5, 5.41) is 4.38. The molecule has 0 bridgehead atoms. The minimum atomic E-state index is 0.884. The smallest absolute Gasteiger partial charge is 0.181 e. The highest BCUT2D eigenvalue weighted by Crippen LogP contribution is 2.24. The summed E-state index contributed by atoms with van der Waals surface area (Å²) in [6.07, 6.45) is 10.2. The Kier molecular flexibility index (Phi) is 3.64. The molecule has 0 atom stereocenters. The molecule has 1 aliphatic rings. The predicted molar refractivity (Wildman–Crippen MR) is 86.8 cm³/mol. The summed E-state index contributed by atoms with van der Waals surface area (Å²) in [7, 11) is 2.01. The van der Waals surface area contributed by atoms with E-state index in [0.29, 0.717) is 0 Å². The Morgan fingerprint density at radius 2 is 2.14 bits per heavy atom. The van der Waals surface area contributed by atoms with Crippen LogP contribution in [0.25, 0.3) is 5.65 Å². The van der Waals surface area contributed by atoms with Crippen LogP contribution in [0, 0.1) is 0 Å². The molecule has 0 radical (unpaired) electrons. The first-order valence-electron chi connectivity index (χ1n) is 7.32. The lowest BCUT2D eigenvalue weighted by molar-refractivity contribution is 0.898. The Morgan fingerprint density at radius 1 is 1.38 bits per heavy atom. The molecule has 0 spiro atoms. The summed E-state index contributed by atoms with van der Waals surface area (Å²) in [5.74, 6) is 1.04. The van der Waals surface area contributed by atoms with Gasteiger partial charge in [-0.05, 0) is 31.4 Å². The van der Waals surface area contributed by atoms with Crippen LogP contribution in [0.1, 0.15) is 19.8 Å². The number of aromatic nitrogens is 3. The summed E-state index contributed by atoms with van der Waals surface area (Å²) in [5.41, 5.74) is 2.99. The van der Waals surface area contributed by atoms with Gasteiger partial charge in [0.05, 0.1) is 6.20 Å². The van der Waals surface area contributed by atoms with Crippen LogP contribution in [0.4, 0.5) is 11.5 Å². The van der Waals surface area contributed by atoms with Crippen molar-refractivity contribution in [2.45, 2.75) is 19.8 Å². The van der Waals surface area contributed by atoms with Gasteiger partial charge < -0.3 is 9.80 Å². The zero-order valence-corrected chi connectivity index (χ0v) is 12.7. The number of hydrogen-bond acceptors (Lipinski definition) is 4. The van der Waals surface area contributed by atoms with Gasteiger partial charge in [-0.1, -0.05) is 12.7 Å². The Morgan fingerprint density at radius 3 is 2.86 bits per heavy atom.